The number of nitrogens with zero attached hydrogens (tertiary/aromatic N) is 1. The first kappa shape index (κ1) is 12.6. The van der Waals surface area contributed by atoms with Gasteiger partial charge in [0.1, 0.15) is 5.82 Å². The topological polar surface area (TPSA) is 60.9 Å². The standard InChI is InChI=1S/C15H21N3O/c1-15(2,3)9-4-5-10-11(8-9)18-14(17-10)13-12(19)6-7-16-13/h4-5,8,12-13,16,19H,6-7H2,1-3H3,(H,17,18)/t12-,13+/m1/s1. The van der Waals surface area contributed by atoms with Gasteiger partial charge in [0, 0.05) is 0 Å². The highest BCUT2D eigenvalue weighted by Crippen LogP contribution is 2.27. The third-order valence-electron chi connectivity index (χ3n) is 3.85. The summed E-state index contributed by atoms with van der Waals surface area (Å²) in [5, 5.41) is 13.2. The van der Waals surface area contributed by atoms with Crippen molar-refractivity contribution in [1.29, 1.82) is 0 Å². The van der Waals surface area contributed by atoms with Crippen LogP contribution >= 0.6 is 0 Å². The molecule has 1 fully saturated rings. The second-order valence-corrected chi connectivity index (χ2v) is 6.39. The van der Waals surface area contributed by atoms with Crippen molar-refractivity contribution in [2.24, 2.45) is 0 Å². The first-order chi connectivity index (χ1) is 8.95. The minimum Gasteiger partial charge on any atom is -0.391 e. The van der Waals surface area contributed by atoms with Gasteiger partial charge in [-0.05, 0) is 36.1 Å². The molecule has 0 saturated carbocycles. The molecule has 0 bridgehead atoms. The van der Waals surface area contributed by atoms with Crippen LogP contribution in [0, 0.1) is 0 Å². The Labute approximate surface area is 113 Å². The number of nitrogens with one attached hydrogen (secondary N) is 2. The molecule has 0 aliphatic carbocycles. The second kappa shape index (κ2) is 4.32. The smallest absolute Gasteiger partial charge is 0.127 e. The maximum Gasteiger partial charge on any atom is 0.127 e. The van der Waals surface area contributed by atoms with Crippen molar-refractivity contribution in [3.63, 3.8) is 0 Å². The zero-order valence-corrected chi connectivity index (χ0v) is 11.7. The minimum absolute atomic E-state index is 0.0644. The lowest BCUT2D eigenvalue weighted by Crippen LogP contribution is -2.22. The molecule has 0 spiro atoms. The number of hydrogen-bond acceptors (Lipinski definition) is 3. The fourth-order valence-corrected chi connectivity index (χ4v) is 2.61. The molecular weight excluding hydrogens is 238 g/mol. The molecule has 1 saturated heterocycles. The van der Waals surface area contributed by atoms with E-state index in [-0.39, 0.29) is 17.6 Å². The molecular formula is C15H21N3O. The number of imidazole rings is 1. The lowest BCUT2D eigenvalue weighted by atomic mass is 9.87. The van der Waals surface area contributed by atoms with Gasteiger partial charge >= 0.3 is 0 Å². The highest BCUT2D eigenvalue weighted by atomic mass is 16.3. The number of fused-ring (bicyclic) bond motifs is 1. The SMILES string of the molecule is CC(C)(C)c1ccc2[nH]c([C@H]3NCC[C@H]3O)nc2c1. The van der Waals surface area contributed by atoms with Gasteiger partial charge in [-0.25, -0.2) is 4.98 Å². The molecule has 1 aromatic heterocycles. The second-order valence-electron chi connectivity index (χ2n) is 6.39. The molecule has 1 aliphatic heterocycles. The summed E-state index contributed by atoms with van der Waals surface area (Å²) >= 11 is 0. The van der Waals surface area contributed by atoms with Gasteiger partial charge < -0.3 is 15.4 Å². The molecule has 102 valence electrons. The molecule has 0 radical (unpaired) electrons. The molecule has 0 unspecified atom stereocenters. The molecule has 2 aromatic rings. The van der Waals surface area contributed by atoms with E-state index in [2.05, 4.69) is 54.3 Å². The molecule has 4 heteroatoms. The molecule has 4 nitrogen and oxygen atoms in total. The van der Waals surface area contributed by atoms with Gasteiger partial charge in [0.25, 0.3) is 0 Å². The number of aliphatic hydroxyl groups is 1. The minimum atomic E-state index is -0.345. The van der Waals surface area contributed by atoms with Crippen LogP contribution in [0.3, 0.4) is 0 Å². The summed E-state index contributed by atoms with van der Waals surface area (Å²) in [7, 11) is 0. The number of aromatic nitrogens is 2. The van der Waals surface area contributed by atoms with Crippen LogP contribution in [-0.2, 0) is 5.41 Å². The number of aromatic amines is 1. The highest BCUT2D eigenvalue weighted by Gasteiger charge is 2.28. The van der Waals surface area contributed by atoms with E-state index in [0.29, 0.717) is 0 Å². The third kappa shape index (κ3) is 2.26. The van der Waals surface area contributed by atoms with Gasteiger partial charge in [0.05, 0.1) is 23.2 Å². The van der Waals surface area contributed by atoms with E-state index in [1.807, 2.05) is 0 Å². The van der Waals surface area contributed by atoms with Crippen LogP contribution in [0.2, 0.25) is 0 Å². The van der Waals surface area contributed by atoms with Gasteiger partial charge in [-0.2, -0.15) is 0 Å². The van der Waals surface area contributed by atoms with Crippen LogP contribution in [0.5, 0.6) is 0 Å². The zero-order valence-electron chi connectivity index (χ0n) is 11.7. The van der Waals surface area contributed by atoms with Crippen molar-refractivity contribution in [3.05, 3.63) is 29.6 Å². The summed E-state index contributed by atoms with van der Waals surface area (Å²) in [4.78, 5) is 7.95. The van der Waals surface area contributed by atoms with Crippen molar-refractivity contribution in [2.75, 3.05) is 6.54 Å². The summed E-state index contributed by atoms with van der Waals surface area (Å²) in [6.45, 7) is 7.44. The lowest BCUT2D eigenvalue weighted by molar-refractivity contribution is 0.157. The van der Waals surface area contributed by atoms with Crippen LogP contribution < -0.4 is 5.32 Å². The van der Waals surface area contributed by atoms with Gasteiger partial charge in [0.2, 0.25) is 0 Å². The Balaban J connectivity index is 2.01. The number of benzene rings is 1. The Kier molecular flexibility index (Phi) is 2.87. The predicted octanol–water partition coefficient (Wildman–Crippen LogP) is 2.26. The summed E-state index contributed by atoms with van der Waals surface area (Å²) in [5.41, 5.74) is 3.41. The fraction of sp³-hybridized carbons (Fsp3) is 0.533. The van der Waals surface area contributed by atoms with Crippen molar-refractivity contribution in [1.82, 2.24) is 15.3 Å². The summed E-state index contributed by atoms with van der Waals surface area (Å²) < 4.78 is 0. The molecule has 2 atom stereocenters. The number of H-pyrrole nitrogens is 1. The van der Waals surface area contributed by atoms with E-state index in [9.17, 15) is 5.11 Å². The predicted molar refractivity (Wildman–Crippen MR) is 76.2 cm³/mol. The molecule has 3 rings (SSSR count). The third-order valence-corrected chi connectivity index (χ3v) is 3.85. The maximum absolute atomic E-state index is 9.93. The summed E-state index contributed by atoms with van der Waals surface area (Å²) in [6, 6.07) is 6.29. The molecule has 19 heavy (non-hydrogen) atoms. The Morgan fingerprint density at radius 3 is 2.74 bits per heavy atom. The Hall–Kier alpha value is -1.39. The van der Waals surface area contributed by atoms with E-state index < -0.39 is 0 Å². The van der Waals surface area contributed by atoms with E-state index in [4.69, 9.17) is 0 Å². The molecule has 0 amide bonds. The van der Waals surface area contributed by atoms with E-state index in [1.165, 1.54) is 5.56 Å². The first-order valence-electron chi connectivity index (χ1n) is 6.87. The fourth-order valence-electron chi connectivity index (χ4n) is 2.61. The number of aliphatic hydroxyl groups excluding tert-OH is 1. The van der Waals surface area contributed by atoms with Crippen molar-refractivity contribution in [3.8, 4) is 0 Å². The van der Waals surface area contributed by atoms with Crippen LogP contribution in [-0.4, -0.2) is 27.7 Å². The Morgan fingerprint density at radius 1 is 1.32 bits per heavy atom. The first-order valence-corrected chi connectivity index (χ1v) is 6.87. The van der Waals surface area contributed by atoms with Crippen molar-refractivity contribution >= 4 is 11.0 Å². The van der Waals surface area contributed by atoms with Crippen LogP contribution in [0.15, 0.2) is 18.2 Å². The molecule has 3 N–H and O–H groups in total. The Bertz CT molecular complexity index is 597. The number of hydrogen-bond donors (Lipinski definition) is 3. The van der Waals surface area contributed by atoms with E-state index >= 15 is 0 Å². The highest BCUT2D eigenvalue weighted by molar-refractivity contribution is 5.76. The summed E-state index contributed by atoms with van der Waals surface area (Å²) in [6.07, 6.45) is 0.442. The van der Waals surface area contributed by atoms with E-state index in [1.54, 1.807) is 0 Å². The maximum atomic E-state index is 9.93. The average Bonchev–Trinajstić information content (AvgIpc) is 2.91. The van der Waals surface area contributed by atoms with Gasteiger partial charge in [-0.15, -0.1) is 0 Å². The molecule has 2 heterocycles. The summed E-state index contributed by atoms with van der Waals surface area (Å²) in [5.74, 6) is 0.839. The van der Waals surface area contributed by atoms with Gasteiger partial charge in [-0.1, -0.05) is 26.8 Å². The quantitative estimate of drug-likeness (QED) is 0.736. The lowest BCUT2D eigenvalue weighted by Gasteiger charge is -2.18. The number of rotatable bonds is 1. The molecule has 1 aromatic carbocycles. The monoisotopic (exact) mass is 259 g/mol. The van der Waals surface area contributed by atoms with Gasteiger partial charge in [0.15, 0.2) is 0 Å². The largest absolute Gasteiger partial charge is 0.391 e. The van der Waals surface area contributed by atoms with Crippen molar-refractivity contribution < 1.29 is 5.11 Å². The van der Waals surface area contributed by atoms with Crippen molar-refractivity contribution in [2.45, 2.75) is 44.8 Å². The average molecular weight is 259 g/mol. The van der Waals surface area contributed by atoms with Crippen LogP contribution in [0.25, 0.3) is 11.0 Å². The van der Waals surface area contributed by atoms with E-state index in [0.717, 1.165) is 29.8 Å². The normalized spacial score (nSPS) is 24.2. The van der Waals surface area contributed by atoms with Crippen LogP contribution in [0.4, 0.5) is 0 Å². The van der Waals surface area contributed by atoms with Gasteiger partial charge in [-0.3, -0.25) is 0 Å². The van der Waals surface area contributed by atoms with Crippen LogP contribution in [0.1, 0.15) is 44.6 Å². The Morgan fingerprint density at radius 2 is 2.11 bits per heavy atom. The zero-order chi connectivity index (χ0) is 13.6. The molecule has 1 aliphatic rings.